The van der Waals surface area contributed by atoms with Gasteiger partial charge in [-0.2, -0.15) is 0 Å². The minimum atomic E-state index is -2.61. The van der Waals surface area contributed by atoms with Crippen LogP contribution in [0.15, 0.2) is 30.8 Å². The van der Waals surface area contributed by atoms with E-state index in [-0.39, 0.29) is 38.3 Å². The zero-order chi connectivity index (χ0) is 13.9. The average Bonchev–Trinajstić information content (AvgIpc) is 2.38. The number of halogens is 2. The third-order valence-electron chi connectivity index (χ3n) is 3.39. The van der Waals surface area contributed by atoms with Gasteiger partial charge in [0, 0.05) is 25.9 Å². The first-order valence-corrected chi connectivity index (χ1v) is 6.37. The zero-order valence-corrected chi connectivity index (χ0v) is 10.7. The van der Waals surface area contributed by atoms with Crippen molar-refractivity contribution in [1.82, 2.24) is 4.90 Å². The largest absolute Gasteiger partial charge is 0.342 e. The van der Waals surface area contributed by atoms with Gasteiger partial charge in [-0.25, -0.2) is 8.78 Å². The van der Waals surface area contributed by atoms with Crippen LogP contribution in [0.4, 0.5) is 8.78 Å². The van der Waals surface area contributed by atoms with Crippen molar-refractivity contribution in [2.75, 3.05) is 13.1 Å². The Bertz CT molecular complexity index is 475. The first-order chi connectivity index (χ1) is 9.00. The molecule has 1 aliphatic heterocycles. The summed E-state index contributed by atoms with van der Waals surface area (Å²) in [6.07, 6.45) is 1.51. The van der Waals surface area contributed by atoms with Crippen molar-refractivity contribution in [2.24, 2.45) is 0 Å². The number of rotatable bonds is 3. The Kier molecular flexibility index (Phi) is 3.98. The summed E-state index contributed by atoms with van der Waals surface area (Å²) in [4.78, 5) is 13.6. The van der Waals surface area contributed by atoms with Gasteiger partial charge in [0.05, 0.1) is 6.42 Å². The van der Waals surface area contributed by atoms with Crippen molar-refractivity contribution in [2.45, 2.75) is 25.2 Å². The minimum Gasteiger partial charge on any atom is -0.342 e. The summed E-state index contributed by atoms with van der Waals surface area (Å²) in [5.41, 5.74) is 1.84. The lowest BCUT2D eigenvalue weighted by molar-refractivity contribution is -0.136. The van der Waals surface area contributed by atoms with E-state index in [0.29, 0.717) is 0 Å². The topological polar surface area (TPSA) is 20.3 Å². The first kappa shape index (κ1) is 13.7. The lowest BCUT2D eigenvalue weighted by Crippen LogP contribution is -2.43. The highest BCUT2D eigenvalue weighted by molar-refractivity contribution is 5.79. The number of benzene rings is 1. The van der Waals surface area contributed by atoms with Crippen LogP contribution in [0, 0.1) is 0 Å². The molecule has 0 atom stereocenters. The predicted molar refractivity (Wildman–Crippen MR) is 71.0 cm³/mol. The summed E-state index contributed by atoms with van der Waals surface area (Å²) in [5, 5.41) is 0. The van der Waals surface area contributed by atoms with Gasteiger partial charge in [-0.15, -0.1) is 0 Å². The number of hydrogen-bond acceptors (Lipinski definition) is 1. The SMILES string of the molecule is C=Cc1cccc(CC(=O)N2CCC(F)(F)CC2)c1. The molecule has 1 heterocycles. The first-order valence-electron chi connectivity index (χ1n) is 6.37. The van der Waals surface area contributed by atoms with E-state index in [2.05, 4.69) is 6.58 Å². The van der Waals surface area contributed by atoms with E-state index >= 15 is 0 Å². The number of piperidine rings is 1. The molecule has 1 amide bonds. The number of nitrogens with zero attached hydrogens (tertiary/aromatic N) is 1. The molecule has 1 aliphatic rings. The normalized spacial score (nSPS) is 18.1. The fourth-order valence-electron chi connectivity index (χ4n) is 2.20. The van der Waals surface area contributed by atoms with Crippen LogP contribution in [0.5, 0.6) is 0 Å². The molecule has 1 aromatic rings. The summed E-state index contributed by atoms with van der Waals surface area (Å²) in [5.74, 6) is -2.70. The maximum Gasteiger partial charge on any atom is 0.251 e. The van der Waals surface area contributed by atoms with Crippen LogP contribution < -0.4 is 0 Å². The molecule has 0 aromatic heterocycles. The van der Waals surface area contributed by atoms with Crippen LogP contribution in [-0.2, 0) is 11.2 Å². The van der Waals surface area contributed by atoms with Gasteiger partial charge in [-0.05, 0) is 11.1 Å². The molecule has 2 rings (SSSR count). The second kappa shape index (κ2) is 5.51. The second-order valence-electron chi connectivity index (χ2n) is 4.86. The Hall–Kier alpha value is -1.71. The molecule has 4 heteroatoms. The molecule has 0 saturated carbocycles. The van der Waals surface area contributed by atoms with Crippen molar-refractivity contribution in [3.63, 3.8) is 0 Å². The summed E-state index contributed by atoms with van der Waals surface area (Å²) in [6.45, 7) is 3.97. The van der Waals surface area contributed by atoms with Gasteiger partial charge < -0.3 is 4.90 Å². The molecule has 0 bridgehead atoms. The van der Waals surface area contributed by atoms with Gasteiger partial charge in [-0.3, -0.25) is 4.79 Å². The quantitative estimate of drug-likeness (QED) is 0.822. The minimum absolute atomic E-state index is 0.0864. The molecule has 0 radical (unpaired) electrons. The number of carbonyl (C=O) groups is 1. The zero-order valence-electron chi connectivity index (χ0n) is 10.7. The highest BCUT2D eigenvalue weighted by Crippen LogP contribution is 2.27. The number of likely N-dealkylation sites (tertiary alicyclic amines) is 1. The van der Waals surface area contributed by atoms with Gasteiger partial charge in [0.15, 0.2) is 0 Å². The lowest BCUT2D eigenvalue weighted by atomic mass is 10.0. The third-order valence-corrected chi connectivity index (χ3v) is 3.39. The molecule has 102 valence electrons. The molecular weight excluding hydrogens is 248 g/mol. The number of amides is 1. The lowest BCUT2D eigenvalue weighted by Gasteiger charge is -2.31. The predicted octanol–water partition coefficient (Wildman–Crippen LogP) is 3.13. The van der Waals surface area contributed by atoms with Crippen LogP contribution in [0.1, 0.15) is 24.0 Å². The van der Waals surface area contributed by atoms with Crippen molar-refractivity contribution >= 4 is 12.0 Å². The summed E-state index contributed by atoms with van der Waals surface area (Å²) in [6, 6.07) is 7.53. The van der Waals surface area contributed by atoms with Gasteiger partial charge in [0.1, 0.15) is 0 Å². The van der Waals surface area contributed by atoms with Gasteiger partial charge >= 0.3 is 0 Å². The Balaban J connectivity index is 1.96. The van der Waals surface area contributed by atoms with E-state index in [1.165, 1.54) is 4.90 Å². The van der Waals surface area contributed by atoms with E-state index in [0.717, 1.165) is 11.1 Å². The van der Waals surface area contributed by atoms with E-state index < -0.39 is 5.92 Å². The third kappa shape index (κ3) is 3.63. The van der Waals surface area contributed by atoms with E-state index in [9.17, 15) is 13.6 Å². The highest BCUT2D eigenvalue weighted by atomic mass is 19.3. The molecule has 0 aliphatic carbocycles. The van der Waals surface area contributed by atoms with Gasteiger partial charge in [0.25, 0.3) is 5.92 Å². The smallest absolute Gasteiger partial charge is 0.251 e. The standard InChI is InChI=1S/C15H17F2NO/c1-2-12-4-3-5-13(10-12)11-14(19)18-8-6-15(16,17)7-9-18/h2-5,10H,1,6-9,11H2. The van der Waals surface area contributed by atoms with Crippen LogP contribution in [0.3, 0.4) is 0 Å². The average molecular weight is 265 g/mol. The van der Waals surface area contributed by atoms with Crippen LogP contribution in [-0.4, -0.2) is 29.8 Å². The van der Waals surface area contributed by atoms with Gasteiger partial charge in [0.2, 0.25) is 5.91 Å². The molecule has 0 unspecified atom stereocenters. The van der Waals surface area contributed by atoms with Gasteiger partial charge in [-0.1, -0.05) is 36.9 Å². The van der Waals surface area contributed by atoms with Crippen molar-refractivity contribution in [3.8, 4) is 0 Å². The molecular formula is C15H17F2NO. The summed E-state index contributed by atoms with van der Waals surface area (Å²) < 4.78 is 26.0. The van der Waals surface area contributed by atoms with E-state index in [1.54, 1.807) is 6.08 Å². The Morgan fingerprint density at radius 1 is 1.37 bits per heavy atom. The Labute approximate surface area is 111 Å². The maximum absolute atomic E-state index is 13.0. The molecule has 0 spiro atoms. The number of carbonyl (C=O) groups excluding carboxylic acids is 1. The molecule has 1 aromatic carbocycles. The summed E-state index contributed by atoms with van der Waals surface area (Å²) in [7, 11) is 0. The van der Waals surface area contributed by atoms with Crippen LogP contribution >= 0.6 is 0 Å². The molecule has 0 N–H and O–H groups in total. The monoisotopic (exact) mass is 265 g/mol. The Morgan fingerprint density at radius 3 is 2.68 bits per heavy atom. The van der Waals surface area contributed by atoms with Crippen LogP contribution in [0.25, 0.3) is 6.08 Å². The number of hydrogen-bond donors (Lipinski definition) is 0. The molecule has 1 fully saturated rings. The van der Waals surface area contributed by atoms with Crippen molar-refractivity contribution in [3.05, 3.63) is 42.0 Å². The fourth-order valence-corrected chi connectivity index (χ4v) is 2.20. The van der Waals surface area contributed by atoms with Crippen molar-refractivity contribution < 1.29 is 13.6 Å². The molecule has 19 heavy (non-hydrogen) atoms. The second-order valence-corrected chi connectivity index (χ2v) is 4.86. The molecule has 1 saturated heterocycles. The van der Waals surface area contributed by atoms with E-state index in [4.69, 9.17) is 0 Å². The fraction of sp³-hybridized carbons (Fsp3) is 0.400. The summed E-state index contributed by atoms with van der Waals surface area (Å²) >= 11 is 0. The van der Waals surface area contributed by atoms with E-state index in [1.807, 2.05) is 24.3 Å². The van der Waals surface area contributed by atoms with Crippen LogP contribution in [0.2, 0.25) is 0 Å². The number of alkyl halides is 2. The Morgan fingerprint density at radius 2 is 2.05 bits per heavy atom. The van der Waals surface area contributed by atoms with Crippen molar-refractivity contribution in [1.29, 1.82) is 0 Å². The highest BCUT2D eigenvalue weighted by Gasteiger charge is 2.35. The molecule has 2 nitrogen and oxygen atoms in total. The maximum atomic E-state index is 13.0.